The molecule has 0 aliphatic rings. The Morgan fingerprint density at radius 3 is 2.20 bits per heavy atom. The maximum absolute atomic E-state index is 13.3. The average molecular weight is 311 g/mol. The summed E-state index contributed by atoms with van der Waals surface area (Å²) in [5.41, 5.74) is -0.914. The topological polar surface area (TPSA) is 35.1 Å². The highest BCUT2D eigenvalue weighted by Crippen LogP contribution is 2.33. The summed E-state index contributed by atoms with van der Waals surface area (Å²) in [6.07, 6.45) is -4.61. The summed E-state index contributed by atoms with van der Waals surface area (Å²) in [6.45, 7) is 6.39. The Bertz CT molecular complexity index is 482. The van der Waals surface area contributed by atoms with Gasteiger partial charge in [-0.05, 0) is 51.0 Å². The van der Waals surface area contributed by atoms with Crippen LogP contribution in [0.5, 0.6) is 0 Å². The number of rotatable bonds is 3. The Hall–Kier alpha value is -0.790. The quantitative estimate of drug-likeness (QED) is 0.682. The highest BCUT2D eigenvalue weighted by atomic mass is 32.2. The SMILES string of the molecule is Cc1c(CN[S@+]([O-])C(C)(C)C)cc(F)cc1C(F)(F)F. The smallest absolute Gasteiger partial charge is 0.416 e. The Morgan fingerprint density at radius 2 is 1.75 bits per heavy atom. The lowest BCUT2D eigenvalue weighted by Crippen LogP contribution is -2.39. The molecular formula is C13H17F4NOS. The molecule has 1 N–H and O–H groups in total. The molecule has 0 saturated heterocycles. The van der Waals surface area contributed by atoms with E-state index in [9.17, 15) is 22.1 Å². The molecule has 0 bridgehead atoms. The van der Waals surface area contributed by atoms with Crippen molar-refractivity contribution < 1.29 is 22.1 Å². The predicted octanol–water partition coefficient (Wildman–Crippen LogP) is 3.70. The van der Waals surface area contributed by atoms with Gasteiger partial charge in [0.05, 0.1) is 12.1 Å². The first kappa shape index (κ1) is 17.3. The van der Waals surface area contributed by atoms with Gasteiger partial charge in [-0.1, -0.05) is 0 Å². The van der Waals surface area contributed by atoms with Crippen molar-refractivity contribution in [1.82, 2.24) is 4.72 Å². The normalized spacial score (nSPS) is 14.4. The van der Waals surface area contributed by atoms with Crippen molar-refractivity contribution in [2.75, 3.05) is 0 Å². The second-order valence-electron chi connectivity index (χ2n) is 5.44. The summed E-state index contributed by atoms with van der Waals surface area (Å²) in [5, 5.41) is 0. The van der Waals surface area contributed by atoms with Crippen LogP contribution in [-0.2, 0) is 24.1 Å². The monoisotopic (exact) mass is 311 g/mol. The summed E-state index contributed by atoms with van der Waals surface area (Å²) < 4.78 is 65.4. The minimum Gasteiger partial charge on any atom is -0.598 e. The molecule has 0 heterocycles. The Morgan fingerprint density at radius 1 is 1.20 bits per heavy atom. The van der Waals surface area contributed by atoms with E-state index in [-0.39, 0.29) is 17.7 Å². The van der Waals surface area contributed by atoms with Crippen LogP contribution in [0.3, 0.4) is 0 Å². The van der Waals surface area contributed by atoms with Gasteiger partial charge in [0, 0.05) is 11.4 Å². The lowest BCUT2D eigenvalue weighted by Gasteiger charge is -2.24. The van der Waals surface area contributed by atoms with Crippen molar-refractivity contribution >= 4 is 11.4 Å². The van der Waals surface area contributed by atoms with E-state index in [1.165, 1.54) is 6.92 Å². The van der Waals surface area contributed by atoms with E-state index >= 15 is 0 Å². The summed E-state index contributed by atoms with van der Waals surface area (Å²) in [7, 11) is 0. The third-order valence-corrected chi connectivity index (χ3v) is 4.25. The van der Waals surface area contributed by atoms with Crippen molar-refractivity contribution in [2.45, 2.75) is 45.2 Å². The zero-order valence-corrected chi connectivity index (χ0v) is 12.5. The maximum atomic E-state index is 13.3. The predicted molar refractivity (Wildman–Crippen MR) is 70.9 cm³/mol. The summed E-state index contributed by atoms with van der Waals surface area (Å²) >= 11 is -1.43. The van der Waals surface area contributed by atoms with Crippen molar-refractivity contribution in [1.29, 1.82) is 0 Å². The lowest BCUT2D eigenvalue weighted by atomic mass is 10.0. The van der Waals surface area contributed by atoms with Gasteiger partial charge in [-0.25, -0.2) is 4.39 Å². The summed E-state index contributed by atoms with van der Waals surface area (Å²) in [6, 6.07) is 1.50. The molecule has 20 heavy (non-hydrogen) atoms. The van der Waals surface area contributed by atoms with Gasteiger partial charge in [0.1, 0.15) is 10.6 Å². The number of hydrogen-bond acceptors (Lipinski definition) is 2. The Balaban J connectivity index is 3.00. The molecule has 0 spiro atoms. The van der Waals surface area contributed by atoms with Crippen molar-refractivity contribution in [3.8, 4) is 0 Å². The first-order chi connectivity index (χ1) is 8.93. The van der Waals surface area contributed by atoms with Gasteiger partial charge < -0.3 is 4.55 Å². The Labute approximate surface area is 118 Å². The molecule has 1 rings (SSSR count). The molecule has 0 radical (unpaired) electrons. The molecule has 1 atom stereocenters. The molecular weight excluding hydrogens is 294 g/mol. The van der Waals surface area contributed by atoms with Crippen LogP contribution < -0.4 is 4.72 Å². The fourth-order valence-corrected chi connectivity index (χ4v) is 2.29. The van der Waals surface area contributed by atoms with E-state index in [4.69, 9.17) is 0 Å². The molecule has 0 aliphatic carbocycles. The molecule has 0 unspecified atom stereocenters. The Kier molecular flexibility index (Phi) is 5.10. The van der Waals surface area contributed by atoms with Crippen LogP contribution in [0, 0.1) is 12.7 Å². The van der Waals surface area contributed by atoms with Crippen LogP contribution in [0.2, 0.25) is 0 Å². The van der Waals surface area contributed by atoms with E-state index < -0.39 is 33.7 Å². The zero-order chi connectivity index (χ0) is 15.7. The fraction of sp³-hybridized carbons (Fsp3) is 0.538. The summed E-state index contributed by atoms with van der Waals surface area (Å²) in [5.74, 6) is -0.957. The molecule has 0 amide bonds. The van der Waals surface area contributed by atoms with Crippen LogP contribution in [0.4, 0.5) is 17.6 Å². The van der Waals surface area contributed by atoms with Gasteiger partial charge in [0.2, 0.25) is 0 Å². The van der Waals surface area contributed by atoms with E-state index in [2.05, 4.69) is 4.72 Å². The van der Waals surface area contributed by atoms with E-state index in [1.54, 1.807) is 20.8 Å². The lowest BCUT2D eigenvalue weighted by molar-refractivity contribution is -0.138. The highest BCUT2D eigenvalue weighted by molar-refractivity contribution is 7.90. The van der Waals surface area contributed by atoms with Crippen LogP contribution in [0.1, 0.15) is 37.5 Å². The number of benzene rings is 1. The number of hydrogen-bond donors (Lipinski definition) is 1. The fourth-order valence-electron chi connectivity index (χ4n) is 1.57. The standard InChI is InChI=1S/C13H17F4NOS/c1-8-9(7-18-20(19)12(2,3)4)5-10(14)6-11(8)13(15,16)17/h5-6,18H,7H2,1-4H3/t20-/m1/s1. The van der Waals surface area contributed by atoms with E-state index in [0.29, 0.717) is 6.07 Å². The van der Waals surface area contributed by atoms with Crippen LogP contribution in [0.15, 0.2) is 12.1 Å². The first-order valence-corrected chi connectivity index (χ1v) is 7.09. The number of halogens is 4. The highest BCUT2D eigenvalue weighted by Gasteiger charge is 2.34. The largest absolute Gasteiger partial charge is 0.598 e. The van der Waals surface area contributed by atoms with Gasteiger partial charge in [-0.2, -0.15) is 13.2 Å². The second kappa shape index (κ2) is 5.91. The molecule has 0 aliphatic heterocycles. The van der Waals surface area contributed by atoms with Crippen LogP contribution in [0.25, 0.3) is 0 Å². The minimum absolute atomic E-state index is 0.0580. The van der Waals surface area contributed by atoms with Crippen LogP contribution in [-0.4, -0.2) is 9.30 Å². The van der Waals surface area contributed by atoms with Gasteiger partial charge >= 0.3 is 6.18 Å². The number of alkyl halides is 3. The molecule has 114 valence electrons. The van der Waals surface area contributed by atoms with Crippen LogP contribution >= 0.6 is 0 Å². The molecule has 2 nitrogen and oxygen atoms in total. The van der Waals surface area contributed by atoms with Gasteiger partial charge in [0.25, 0.3) is 0 Å². The van der Waals surface area contributed by atoms with Crippen molar-refractivity contribution in [3.05, 3.63) is 34.6 Å². The van der Waals surface area contributed by atoms with E-state index in [1.807, 2.05) is 0 Å². The average Bonchev–Trinajstić information content (AvgIpc) is 2.26. The molecule has 0 fully saturated rings. The molecule has 1 aromatic rings. The zero-order valence-electron chi connectivity index (χ0n) is 11.7. The maximum Gasteiger partial charge on any atom is 0.416 e. The minimum atomic E-state index is -4.61. The molecule has 0 saturated carbocycles. The molecule has 7 heteroatoms. The first-order valence-electron chi connectivity index (χ1n) is 5.94. The number of nitrogens with one attached hydrogen (secondary N) is 1. The molecule has 1 aromatic carbocycles. The van der Waals surface area contributed by atoms with E-state index in [0.717, 1.165) is 6.07 Å². The summed E-state index contributed by atoms with van der Waals surface area (Å²) in [4.78, 5) is 0. The van der Waals surface area contributed by atoms with Gasteiger partial charge in [-0.15, -0.1) is 4.72 Å². The van der Waals surface area contributed by atoms with Crippen molar-refractivity contribution in [2.24, 2.45) is 0 Å². The third kappa shape index (κ3) is 4.36. The van der Waals surface area contributed by atoms with Gasteiger partial charge in [-0.3, -0.25) is 0 Å². The molecule has 0 aromatic heterocycles. The van der Waals surface area contributed by atoms with Crippen molar-refractivity contribution in [3.63, 3.8) is 0 Å². The second-order valence-corrected chi connectivity index (χ2v) is 7.49. The third-order valence-electron chi connectivity index (χ3n) is 2.74. The van der Waals surface area contributed by atoms with Gasteiger partial charge in [0.15, 0.2) is 0 Å².